The molecular formula is C52H101N2O6P. The number of hydrogen-bond donors (Lipinski definition) is 2. The lowest BCUT2D eigenvalue weighted by Gasteiger charge is -2.29. The summed E-state index contributed by atoms with van der Waals surface area (Å²) >= 11 is 0. The standard InChI is InChI=1S/C52H101N2O6P/c1-6-8-10-12-14-16-18-20-22-24-25-26-27-28-30-31-33-35-37-39-41-43-45-51(55)50(49-60-61(57,58)59-48-47-54(3,4)5)53-52(56)46-44-42-40-38-36-34-32-29-23-21-19-17-15-13-11-9-7-2/h15,17,21,23,43,45,50-51,55H,6-14,16,18-20,22,24-42,44,46-49H2,1-5H3,(H-,53,56,57,58)/b17-15-,23-21-,45-43+. The van der Waals surface area contributed by atoms with Gasteiger partial charge in [0.05, 0.1) is 39.9 Å². The summed E-state index contributed by atoms with van der Waals surface area (Å²) in [5.74, 6) is -0.204. The molecule has 0 radical (unpaired) electrons. The minimum atomic E-state index is -4.59. The third-order valence-electron chi connectivity index (χ3n) is 11.6. The maximum absolute atomic E-state index is 12.9. The van der Waals surface area contributed by atoms with Crippen LogP contribution in [0.25, 0.3) is 0 Å². The van der Waals surface area contributed by atoms with Crippen LogP contribution < -0.4 is 10.2 Å². The number of nitrogens with zero attached hydrogens (tertiary/aromatic N) is 1. The summed E-state index contributed by atoms with van der Waals surface area (Å²) in [5.41, 5.74) is 0. The molecule has 8 nitrogen and oxygen atoms in total. The quantitative estimate of drug-likeness (QED) is 0.0273. The topological polar surface area (TPSA) is 108 Å². The van der Waals surface area contributed by atoms with Crippen LogP contribution in [-0.4, -0.2) is 68.5 Å². The summed E-state index contributed by atoms with van der Waals surface area (Å²) < 4.78 is 23.3. The molecule has 61 heavy (non-hydrogen) atoms. The van der Waals surface area contributed by atoms with E-state index in [1.54, 1.807) is 6.08 Å². The Morgan fingerprint density at radius 3 is 1.39 bits per heavy atom. The zero-order valence-corrected chi connectivity index (χ0v) is 41.8. The fourth-order valence-electron chi connectivity index (χ4n) is 7.48. The molecule has 0 bridgehead atoms. The van der Waals surface area contributed by atoms with Gasteiger partial charge in [-0.1, -0.05) is 217 Å². The first-order valence-corrected chi connectivity index (χ1v) is 27.3. The first kappa shape index (κ1) is 59.7. The van der Waals surface area contributed by atoms with Gasteiger partial charge in [-0.2, -0.15) is 0 Å². The number of carbonyl (C=O) groups is 1. The molecular weight excluding hydrogens is 780 g/mol. The van der Waals surface area contributed by atoms with Gasteiger partial charge in [-0.15, -0.1) is 0 Å². The molecule has 360 valence electrons. The number of unbranched alkanes of at least 4 members (excludes halogenated alkanes) is 30. The van der Waals surface area contributed by atoms with Crippen molar-refractivity contribution >= 4 is 13.7 Å². The molecule has 0 rings (SSSR count). The predicted octanol–water partition coefficient (Wildman–Crippen LogP) is 14.4. The molecule has 2 N–H and O–H groups in total. The second-order valence-corrected chi connectivity index (χ2v) is 20.3. The smallest absolute Gasteiger partial charge is 0.268 e. The molecule has 0 aliphatic rings. The second kappa shape index (κ2) is 43.9. The lowest BCUT2D eigenvalue weighted by atomic mass is 10.0. The Kier molecular flexibility index (Phi) is 43.0. The maximum atomic E-state index is 12.9. The van der Waals surface area contributed by atoms with Crippen molar-refractivity contribution in [3.63, 3.8) is 0 Å². The minimum Gasteiger partial charge on any atom is -0.756 e. The third kappa shape index (κ3) is 46.5. The highest BCUT2D eigenvalue weighted by Crippen LogP contribution is 2.38. The van der Waals surface area contributed by atoms with Crippen LogP contribution in [0.15, 0.2) is 36.5 Å². The Hall–Kier alpha value is -1.28. The molecule has 3 unspecified atom stereocenters. The monoisotopic (exact) mass is 881 g/mol. The number of phosphoric acid groups is 1. The average molecular weight is 881 g/mol. The number of nitrogens with one attached hydrogen (secondary N) is 1. The summed E-state index contributed by atoms with van der Waals surface area (Å²) in [6, 6.07) is -0.890. The number of allylic oxidation sites excluding steroid dienone is 5. The average Bonchev–Trinajstić information content (AvgIpc) is 3.21. The number of rotatable bonds is 47. The van der Waals surface area contributed by atoms with Crippen LogP contribution in [0.5, 0.6) is 0 Å². The molecule has 3 atom stereocenters. The normalized spacial score (nSPS) is 14.4. The van der Waals surface area contributed by atoms with E-state index in [1.807, 2.05) is 27.2 Å². The van der Waals surface area contributed by atoms with E-state index >= 15 is 0 Å². The highest BCUT2D eigenvalue weighted by atomic mass is 31.2. The van der Waals surface area contributed by atoms with Crippen molar-refractivity contribution in [2.24, 2.45) is 0 Å². The van der Waals surface area contributed by atoms with E-state index in [0.29, 0.717) is 17.4 Å². The van der Waals surface area contributed by atoms with E-state index in [4.69, 9.17) is 9.05 Å². The minimum absolute atomic E-state index is 0.00257. The molecule has 0 aromatic rings. The van der Waals surface area contributed by atoms with E-state index in [-0.39, 0.29) is 19.1 Å². The zero-order valence-electron chi connectivity index (χ0n) is 40.9. The lowest BCUT2D eigenvalue weighted by Crippen LogP contribution is -2.45. The van der Waals surface area contributed by atoms with Crippen LogP contribution in [0.3, 0.4) is 0 Å². The molecule has 9 heteroatoms. The van der Waals surface area contributed by atoms with Crippen LogP contribution in [0.2, 0.25) is 0 Å². The number of phosphoric ester groups is 1. The lowest BCUT2D eigenvalue weighted by molar-refractivity contribution is -0.870. The fourth-order valence-corrected chi connectivity index (χ4v) is 8.20. The van der Waals surface area contributed by atoms with Gasteiger partial charge in [-0.25, -0.2) is 0 Å². The van der Waals surface area contributed by atoms with Gasteiger partial charge in [-0.3, -0.25) is 9.36 Å². The number of quaternary nitrogens is 1. The molecule has 0 aromatic heterocycles. The Bertz CT molecular complexity index is 1090. The Morgan fingerprint density at radius 1 is 0.574 bits per heavy atom. The Labute approximate surface area is 378 Å². The van der Waals surface area contributed by atoms with E-state index in [2.05, 4.69) is 43.5 Å². The van der Waals surface area contributed by atoms with Gasteiger partial charge in [0.1, 0.15) is 13.2 Å². The number of carbonyl (C=O) groups excluding carboxylic acids is 1. The van der Waals surface area contributed by atoms with Crippen molar-refractivity contribution in [2.45, 2.75) is 251 Å². The van der Waals surface area contributed by atoms with Gasteiger partial charge in [0.15, 0.2) is 0 Å². The molecule has 0 aliphatic heterocycles. The van der Waals surface area contributed by atoms with E-state index in [1.165, 1.54) is 161 Å². The Balaban J connectivity index is 4.31. The molecule has 0 saturated carbocycles. The van der Waals surface area contributed by atoms with Gasteiger partial charge in [0.2, 0.25) is 5.91 Å². The van der Waals surface area contributed by atoms with Crippen LogP contribution in [-0.2, 0) is 18.4 Å². The highest BCUT2D eigenvalue weighted by Gasteiger charge is 2.23. The van der Waals surface area contributed by atoms with Gasteiger partial charge in [0, 0.05) is 6.42 Å². The first-order valence-electron chi connectivity index (χ1n) is 25.9. The molecule has 0 fully saturated rings. The number of amides is 1. The van der Waals surface area contributed by atoms with Crippen molar-refractivity contribution in [1.82, 2.24) is 5.32 Å². The van der Waals surface area contributed by atoms with E-state index in [9.17, 15) is 19.4 Å². The second-order valence-electron chi connectivity index (χ2n) is 18.9. The molecule has 0 saturated heterocycles. The highest BCUT2D eigenvalue weighted by molar-refractivity contribution is 7.45. The maximum Gasteiger partial charge on any atom is 0.268 e. The van der Waals surface area contributed by atoms with Crippen molar-refractivity contribution < 1.29 is 32.9 Å². The molecule has 1 amide bonds. The van der Waals surface area contributed by atoms with Crippen LogP contribution in [0.1, 0.15) is 239 Å². The van der Waals surface area contributed by atoms with Gasteiger partial charge in [0.25, 0.3) is 7.82 Å². The fraction of sp³-hybridized carbons (Fsp3) is 0.865. The van der Waals surface area contributed by atoms with E-state index < -0.39 is 20.0 Å². The number of aliphatic hydroxyl groups is 1. The molecule has 0 spiro atoms. The largest absolute Gasteiger partial charge is 0.756 e. The van der Waals surface area contributed by atoms with Gasteiger partial charge < -0.3 is 28.8 Å². The number of hydrogen-bond acceptors (Lipinski definition) is 6. The van der Waals surface area contributed by atoms with Crippen LogP contribution >= 0.6 is 7.82 Å². The summed E-state index contributed by atoms with van der Waals surface area (Å²) in [5, 5.41) is 13.8. The van der Waals surface area contributed by atoms with Crippen LogP contribution in [0, 0.1) is 0 Å². The van der Waals surface area contributed by atoms with E-state index in [0.717, 1.165) is 57.8 Å². The van der Waals surface area contributed by atoms with Crippen molar-refractivity contribution in [3.8, 4) is 0 Å². The summed E-state index contributed by atoms with van der Waals surface area (Å²) in [6.07, 6.45) is 54.8. The van der Waals surface area contributed by atoms with Crippen molar-refractivity contribution in [2.75, 3.05) is 40.9 Å². The predicted molar refractivity (Wildman–Crippen MR) is 261 cm³/mol. The van der Waals surface area contributed by atoms with Crippen LogP contribution in [0.4, 0.5) is 0 Å². The first-order chi connectivity index (χ1) is 29.5. The third-order valence-corrected chi connectivity index (χ3v) is 12.6. The van der Waals surface area contributed by atoms with Crippen molar-refractivity contribution in [3.05, 3.63) is 36.5 Å². The zero-order chi connectivity index (χ0) is 45.0. The summed E-state index contributed by atoms with van der Waals surface area (Å²) in [7, 11) is 1.26. The van der Waals surface area contributed by atoms with Crippen molar-refractivity contribution in [1.29, 1.82) is 0 Å². The molecule has 0 aliphatic carbocycles. The number of aliphatic hydroxyl groups excluding tert-OH is 1. The van der Waals surface area contributed by atoms with Gasteiger partial charge >= 0.3 is 0 Å². The van der Waals surface area contributed by atoms with Gasteiger partial charge in [-0.05, 0) is 51.4 Å². The summed E-state index contributed by atoms with van der Waals surface area (Å²) in [6.45, 7) is 4.63. The SMILES string of the molecule is CCCCC/C=C\C/C=C\CCCCCCCCCC(=O)NC(COP(=O)([O-])OCC[N+](C)(C)C)C(O)/C=C/CCCCCCCCCCCCCCCCCCCCCC. The summed E-state index contributed by atoms with van der Waals surface area (Å²) in [4.78, 5) is 25.4. The number of likely N-dealkylation sites (N-methyl/N-ethyl adjacent to an activating group) is 1. The Morgan fingerprint density at radius 2 is 0.951 bits per heavy atom. The molecule has 0 heterocycles. The molecule has 0 aromatic carbocycles.